The van der Waals surface area contributed by atoms with Gasteiger partial charge in [-0.3, -0.25) is 0 Å². The summed E-state index contributed by atoms with van der Waals surface area (Å²) in [5, 5.41) is 3.16. The van der Waals surface area contributed by atoms with Crippen LogP contribution >= 0.6 is 0 Å². The Hall–Kier alpha value is -1.25. The number of unbranched alkanes of at least 4 members (excludes halogenated alkanes) is 2. The molecule has 0 saturated carbocycles. The van der Waals surface area contributed by atoms with Crippen molar-refractivity contribution in [2.24, 2.45) is 0 Å². The van der Waals surface area contributed by atoms with Gasteiger partial charge < -0.3 is 9.73 Å². The summed E-state index contributed by atoms with van der Waals surface area (Å²) in [5.74, 6) is 0. The molecule has 0 fully saturated rings. The third-order valence-electron chi connectivity index (χ3n) is 1.81. The van der Waals surface area contributed by atoms with E-state index >= 15 is 0 Å². The fourth-order valence-electron chi connectivity index (χ4n) is 1.10. The topological polar surface area (TPSA) is 42.2 Å². The van der Waals surface area contributed by atoms with Gasteiger partial charge in [-0.15, -0.1) is 0 Å². The van der Waals surface area contributed by atoms with Crippen molar-refractivity contribution in [3.63, 3.8) is 0 Å². The molecule has 3 heteroatoms. The van der Waals surface area contributed by atoms with E-state index in [-0.39, 0.29) is 5.63 Å². The van der Waals surface area contributed by atoms with Gasteiger partial charge in [0, 0.05) is 18.3 Å². The highest BCUT2D eigenvalue weighted by molar-refractivity contribution is 5.39. The second-order valence-corrected chi connectivity index (χ2v) is 2.97. The van der Waals surface area contributed by atoms with E-state index < -0.39 is 0 Å². The van der Waals surface area contributed by atoms with Crippen LogP contribution in [0.3, 0.4) is 0 Å². The maximum Gasteiger partial charge on any atom is 0.337 e. The van der Waals surface area contributed by atoms with E-state index in [1.807, 2.05) is 0 Å². The molecule has 0 unspecified atom stereocenters. The molecule has 0 spiro atoms. The zero-order valence-corrected chi connectivity index (χ0v) is 7.88. The predicted molar refractivity (Wildman–Crippen MR) is 53.0 cm³/mol. The van der Waals surface area contributed by atoms with Crippen LogP contribution in [0.25, 0.3) is 0 Å². The first-order valence-corrected chi connectivity index (χ1v) is 4.65. The van der Waals surface area contributed by atoms with Crippen LogP contribution in [0.5, 0.6) is 0 Å². The average molecular weight is 181 g/mol. The summed E-state index contributed by atoms with van der Waals surface area (Å²) < 4.78 is 4.60. The summed E-state index contributed by atoms with van der Waals surface area (Å²) in [7, 11) is 0. The van der Waals surface area contributed by atoms with Gasteiger partial charge in [0.2, 0.25) is 0 Å². The zero-order valence-electron chi connectivity index (χ0n) is 7.88. The molecule has 0 atom stereocenters. The number of rotatable bonds is 5. The maximum absolute atomic E-state index is 10.8. The molecule has 0 aliphatic heterocycles. The summed E-state index contributed by atoms with van der Waals surface area (Å²) in [6.07, 6.45) is 4.97. The van der Waals surface area contributed by atoms with E-state index in [1.165, 1.54) is 25.2 Å². The van der Waals surface area contributed by atoms with E-state index in [1.54, 1.807) is 6.07 Å². The van der Waals surface area contributed by atoms with Crippen molar-refractivity contribution in [3.8, 4) is 0 Å². The predicted octanol–water partition coefficient (Wildman–Crippen LogP) is 2.24. The molecular weight excluding hydrogens is 166 g/mol. The molecule has 1 heterocycles. The summed E-state index contributed by atoms with van der Waals surface area (Å²) in [6, 6.07) is 3.22. The van der Waals surface area contributed by atoms with Crippen LogP contribution in [-0.4, -0.2) is 6.54 Å². The Morgan fingerprint density at radius 3 is 3.00 bits per heavy atom. The smallest absolute Gasteiger partial charge is 0.337 e. The molecule has 1 aromatic heterocycles. The summed E-state index contributed by atoms with van der Waals surface area (Å²) >= 11 is 0. The minimum absolute atomic E-state index is 0.305. The van der Waals surface area contributed by atoms with Crippen molar-refractivity contribution in [1.29, 1.82) is 0 Å². The Morgan fingerprint density at radius 1 is 1.46 bits per heavy atom. The molecule has 72 valence electrons. The van der Waals surface area contributed by atoms with Gasteiger partial charge >= 0.3 is 5.63 Å². The first-order valence-electron chi connectivity index (χ1n) is 4.65. The zero-order chi connectivity index (χ0) is 9.52. The second kappa shape index (κ2) is 5.41. The molecule has 0 aliphatic rings. The minimum Gasteiger partial charge on any atom is -0.431 e. The summed E-state index contributed by atoms with van der Waals surface area (Å²) in [4.78, 5) is 10.8. The van der Waals surface area contributed by atoms with Crippen LogP contribution in [0, 0.1) is 0 Å². The Balaban J connectivity index is 2.33. The molecule has 3 nitrogen and oxygen atoms in total. The molecule has 13 heavy (non-hydrogen) atoms. The lowest BCUT2D eigenvalue weighted by Crippen LogP contribution is -2.04. The fourth-order valence-corrected chi connectivity index (χ4v) is 1.10. The minimum atomic E-state index is -0.305. The molecule has 1 N–H and O–H groups in total. The fraction of sp³-hybridized carbons (Fsp3) is 0.500. The van der Waals surface area contributed by atoms with Gasteiger partial charge in [0.25, 0.3) is 0 Å². The van der Waals surface area contributed by atoms with Gasteiger partial charge in [0.1, 0.15) is 0 Å². The van der Waals surface area contributed by atoms with Gasteiger partial charge in [-0.1, -0.05) is 19.8 Å². The Bertz CT molecular complexity index is 293. The molecule has 0 saturated heterocycles. The van der Waals surface area contributed by atoms with E-state index in [9.17, 15) is 4.79 Å². The molecule has 0 aromatic carbocycles. The quantitative estimate of drug-likeness (QED) is 0.708. The van der Waals surface area contributed by atoms with Crippen LogP contribution in [0.15, 0.2) is 27.6 Å². The van der Waals surface area contributed by atoms with Crippen molar-refractivity contribution in [3.05, 3.63) is 28.8 Å². The van der Waals surface area contributed by atoms with Crippen molar-refractivity contribution in [2.75, 3.05) is 11.9 Å². The Kier molecular flexibility index (Phi) is 4.09. The molecule has 0 aliphatic carbocycles. The average Bonchev–Trinajstić information content (AvgIpc) is 2.13. The Morgan fingerprint density at radius 2 is 2.31 bits per heavy atom. The molecule has 0 amide bonds. The van der Waals surface area contributed by atoms with Crippen molar-refractivity contribution in [1.82, 2.24) is 0 Å². The van der Waals surface area contributed by atoms with Gasteiger partial charge in [-0.2, -0.15) is 0 Å². The van der Waals surface area contributed by atoms with Crippen LogP contribution in [0.1, 0.15) is 26.2 Å². The SMILES string of the molecule is CCCCCNc1ccoc(=O)c1. The number of anilines is 1. The molecule has 0 bridgehead atoms. The van der Waals surface area contributed by atoms with Gasteiger partial charge in [-0.25, -0.2) is 4.79 Å². The third-order valence-corrected chi connectivity index (χ3v) is 1.81. The normalized spacial score (nSPS) is 9.92. The van der Waals surface area contributed by atoms with Gasteiger partial charge in [0.05, 0.1) is 6.26 Å². The first kappa shape index (κ1) is 9.84. The van der Waals surface area contributed by atoms with Crippen molar-refractivity contribution in [2.45, 2.75) is 26.2 Å². The summed E-state index contributed by atoms with van der Waals surface area (Å²) in [6.45, 7) is 3.08. The first-order chi connectivity index (χ1) is 6.33. The summed E-state index contributed by atoms with van der Waals surface area (Å²) in [5.41, 5.74) is 0.535. The highest BCUT2D eigenvalue weighted by Gasteiger charge is 1.92. The number of hydrogen-bond acceptors (Lipinski definition) is 3. The van der Waals surface area contributed by atoms with E-state index in [2.05, 4.69) is 16.7 Å². The Labute approximate surface area is 77.8 Å². The number of hydrogen-bond donors (Lipinski definition) is 1. The van der Waals surface area contributed by atoms with E-state index in [0.717, 1.165) is 18.7 Å². The lowest BCUT2D eigenvalue weighted by Gasteiger charge is -2.03. The van der Waals surface area contributed by atoms with Gasteiger partial charge in [-0.05, 0) is 12.5 Å². The van der Waals surface area contributed by atoms with Crippen LogP contribution in [0.4, 0.5) is 5.69 Å². The molecule has 0 radical (unpaired) electrons. The van der Waals surface area contributed by atoms with Crippen LogP contribution < -0.4 is 10.9 Å². The third kappa shape index (κ3) is 3.78. The lowest BCUT2D eigenvalue weighted by atomic mass is 10.2. The molecular formula is C10H15NO2. The van der Waals surface area contributed by atoms with E-state index in [4.69, 9.17) is 0 Å². The monoisotopic (exact) mass is 181 g/mol. The van der Waals surface area contributed by atoms with Crippen molar-refractivity contribution < 1.29 is 4.42 Å². The highest BCUT2D eigenvalue weighted by atomic mass is 16.4. The standard InChI is InChI=1S/C10H15NO2/c1-2-3-4-6-11-9-5-7-13-10(12)8-9/h5,7-8,11H,2-4,6H2,1H3. The van der Waals surface area contributed by atoms with Crippen LogP contribution in [-0.2, 0) is 0 Å². The van der Waals surface area contributed by atoms with E-state index in [0.29, 0.717) is 0 Å². The van der Waals surface area contributed by atoms with Crippen LogP contribution in [0.2, 0.25) is 0 Å². The maximum atomic E-state index is 10.8. The largest absolute Gasteiger partial charge is 0.431 e. The second-order valence-electron chi connectivity index (χ2n) is 2.97. The molecule has 1 rings (SSSR count). The van der Waals surface area contributed by atoms with Gasteiger partial charge in [0.15, 0.2) is 0 Å². The van der Waals surface area contributed by atoms with Crippen molar-refractivity contribution >= 4 is 5.69 Å². The lowest BCUT2D eigenvalue weighted by molar-refractivity contribution is 0.511. The number of nitrogens with one attached hydrogen (secondary N) is 1. The molecule has 1 aromatic rings. The highest BCUT2D eigenvalue weighted by Crippen LogP contribution is 2.02.